The van der Waals surface area contributed by atoms with E-state index in [1.54, 1.807) is 7.11 Å². The fourth-order valence-electron chi connectivity index (χ4n) is 0.965. The van der Waals surface area contributed by atoms with Crippen LogP contribution in [0.2, 0.25) is 0 Å². The minimum absolute atomic E-state index is 0.0680. The minimum atomic E-state index is -0.0680. The van der Waals surface area contributed by atoms with Gasteiger partial charge in [-0.25, -0.2) is 0 Å². The molecule has 0 saturated heterocycles. The molecule has 0 saturated carbocycles. The molecule has 5 nitrogen and oxygen atoms in total. The molecule has 0 spiro atoms. The second kappa shape index (κ2) is 10.8. The van der Waals surface area contributed by atoms with Crippen molar-refractivity contribution in [3.8, 4) is 6.07 Å². The number of nitrogens with zero attached hydrogens (tertiary/aromatic N) is 2. The summed E-state index contributed by atoms with van der Waals surface area (Å²) in [5.74, 6) is 0. The van der Waals surface area contributed by atoms with Crippen molar-refractivity contribution in [3.63, 3.8) is 0 Å². The average Bonchev–Trinajstić information content (AvgIpc) is 2.31. The number of rotatable bonds is 10. The van der Waals surface area contributed by atoms with E-state index in [1.165, 1.54) is 0 Å². The number of methoxy groups -OCH3 is 1. The molecule has 0 aliphatic carbocycles. The molecule has 1 unspecified atom stereocenters. The van der Waals surface area contributed by atoms with Crippen molar-refractivity contribution in [2.45, 2.75) is 13.0 Å². The van der Waals surface area contributed by atoms with E-state index in [9.17, 15) is 0 Å². The zero-order valence-corrected chi connectivity index (χ0v) is 10.4. The predicted molar refractivity (Wildman–Crippen MR) is 61.2 cm³/mol. The van der Waals surface area contributed by atoms with Crippen LogP contribution in [0.15, 0.2) is 0 Å². The van der Waals surface area contributed by atoms with Crippen LogP contribution in [-0.2, 0) is 14.2 Å². The van der Waals surface area contributed by atoms with Gasteiger partial charge in [-0.2, -0.15) is 5.26 Å². The first-order valence-electron chi connectivity index (χ1n) is 5.46. The highest BCUT2D eigenvalue weighted by molar-refractivity contribution is 4.86. The number of likely N-dealkylation sites (N-methyl/N-ethyl adjacent to an activating group) is 1. The molecular formula is C11H22N2O3. The van der Waals surface area contributed by atoms with Gasteiger partial charge in [-0.05, 0) is 14.0 Å². The van der Waals surface area contributed by atoms with Gasteiger partial charge in [-0.1, -0.05) is 0 Å². The van der Waals surface area contributed by atoms with Crippen molar-refractivity contribution >= 4 is 0 Å². The van der Waals surface area contributed by atoms with E-state index in [4.69, 9.17) is 19.5 Å². The van der Waals surface area contributed by atoms with E-state index in [-0.39, 0.29) is 6.04 Å². The van der Waals surface area contributed by atoms with E-state index in [2.05, 4.69) is 6.07 Å². The van der Waals surface area contributed by atoms with Crippen LogP contribution in [0, 0.1) is 11.3 Å². The molecule has 0 aliphatic rings. The fraction of sp³-hybridized carbons (Fsp3) is 0.909. The van der Waals surface area contributed by atoms with Gasteiger partial charge in [0.05, 0.1) is 45.1 Å². The highest BCUT2D eigenvalue weighted by Gasteiger charge is 2.06. The largest absolute Gasteiger partial charge is 0.382 e. The Balaban J connectivity index is 3.18. The van der Waals surface area contributed by atoms with Gasteiger partial charge < -0.3 is 14.2 Å². The number of hydrogen-bond acceptors (Lipinski definition) is 5. The molecule has 0 N–H and O–H groups in total. The first-order valence-corrected chi connectivity index (χ1v) is 5.46. The Bertz CT molecular complexity index is 194. The fourth-order valence-corrected chi connectivity index (χ4v) is 0.965. The molecule has 0 fully saturated rings. The Kier molecular flexibility index (Phi) is 10.4. The van der Waals surface area contributed by atoms with Gasteiger partial charge in [0, 0.05) is 13.7 Å². The lowest BCUT2D eigenvalue weighted by atomic mass is 10.3. The third-order valence-electron chi connectivity index (χ3n) is 2.24. The number of ether oxygens (including phenoxy) is 3. The second-order valence-corrected chi connectivity index (χ2v) is 3.50. The van der Waals surface area contributed by atoms with Crippen LogP contribution in [0.1, 0.15) is 6.92 Å². The predicted octanol–water partition coefficient (Wildman–Crippen LogP) is 0.510. The molecule has 0 aromatic carbocycles. The third kappa shape index (κ3) is 8.62. The lowest BCUT2D eigenvalue weighted by Crippen LogP contribution is -2.31. The quantitative estimate of drug-likeness (QED) is 0.512. The van der Waals surface area contributed by atoms with Crippen LogP contribution in [0.25, 0.3) is 0 Å². The molecular weight excluding hydrogens is 208 g/mol. The molecule has 0 bridgehead atoms. The minimum Gasteiger partial charge on any atom is -0.382 e. The van der Waals surface area contributed by atoms with Crippen molar-refractivity contribution in [1.29, 1.82) is 5.26 Å². The van der Waals surface area contributed by atoms with Crippen molar-refractivity contribution in [2.75, 3.05) is 53.7 Å². The topological polar surface area (TPSA) is 54.7 Å². The Morgan fingerprint density at radius 3 is 2.25 bits per heavy atom. The first-order chi connectivity index (χ1) is 7.72. The molecule has 0 aromatic heterocycles. The summed E-state index contributed by atoms with van der Waals surface area (Å²) in [6.07, 6.45) is 0. The Morgan fingerprint density at radius 1 is 1.12 bits per heavy atom. The second-order valence-electron chi connectivity index (χ2n) is 3.50. The van der Waals surface area contributed by atoms with E-state index in [0.717, 1.165) is 6.54 Å². The van der Waals surface area contributed by atoms with Crippen LogP contribution in [0.3, 0.4) is 0 Å². The summed E-state index contributed by atoms with van der Waals surface area (Å²) in [6, 6.07) is 2.10. The third-order valence-corrected chi connectivity index (χ3v) is 2.24. The van der Waals surface area contributed by atoms with Gasteiger partial charge >= 0.3 is 0 Å². The molecule has 0 heterocycles. The lowest BCUT2D eigenvalue weighted by Gasteiger charge is -2.18. The zero-order valence-electron chi connectivity index (χ0n) is 10.4. The highest BCUT2D eigenvalue weighted by atomic mass is 16.5. The Labute approximate surface area is 97.9 Å². The molecule has 94 valence electrons. The molecule has 0 rings (SSSR count). The normalized spacial score (nSPS) is 12.7. The standard InChI is InChI=1S/C11H22N2O3/c1-11(10-12)13(2)4-5-15-8-9-16-7-6-14-3/h11H,4-9H2,1-3H3. The summed E-state index contributed by atoms with van der Waals surface area (Å²) in [6.45, 7) is 5.63. The molecule has 16 heavy (non-hydrogen) atoms. The van der Waals surface area contributed by atoms with Gasteiger partial charge in [-0.3, -0.25) is 4.90 Å². The molecule has 0 radical (unpaired) electrons. The Morgan fingerprint density at radius 2 is 1.69 bits per heavy atom. The summed E-state index contributed by atoms with van der Waals surface area (Å²) in [5.41, 5.74) is 0. The number of hydrogen-bond donors (Lipinski definition) is 0. The van der Waals surface area contributed by atoms with Crippen LogP contribution in [-0.4, -0.2) is 64.7 Å². The first kappa shape index (κ1) is 15.3. The van der Waals surface area contributed by atoms with Crippen molar-refractivity contribution in [2.24, 2.45) is 0 Å². The van der Waals surface area contributed by atoms with Crippen LogP contribution >= 0.6 is 0 Å². The molecule has 1 atom stereocenters. The van der Waals surface area contributed by atoms with Gasteiger partial charge in [-0.15, -0.1) is 0 Å². The van der Waals surface area contributed by atoms with Crippen LogP contribution < -0.4 is 0 Å². The molecule has 5 heteroatoms. The van der Waals surface area contributed by atoms with Gasteiger partial charge in [0.15, 0.2) is 0 Å². The van der Waals surface area contributed by atoms with E-state index in [1.807, 2.05) is 18.9 Å². The van der Waals surface area contributed by atoms with Crippen molar-refractivity contribution < 1.29 is 14.2 Å². The maximum absolute atomic E-state index is 8.66. The van der Waals surface area contributed by atoms with Gasteiger partial charge in [0.2, 0.25) is 0 Å². The summed E-state index contributed by atoms with van der Waals surface area (Å²) < 4.78 is 15.4. The summed E-state index contributed by atoms with van der Waals surface area (Å²) in [4.78, 5) is 1.95. The van der Waals surface area contributed by atoms with Gasteiger partial charge in [0.1, 0.15) is 0 Å². The van der Waals surface area contributed by atoms with Crippen molar-refractivity contribution in [1.82, 2.24) is 4.90 Å². The lowest BCUT2D eigenvalue weighted by molar-refractivity contribution is 0.0201. The summed E-state index contributed by atoms with van der Waals surface area (Å²) in [5, 5.41) is 8.66. The van der Waals surface area contributed by atoms with Crippen molar-refractivity contribution in [3.05, 3.63) is 0 Å². The zero-order chi connectivity index (χ0) is 12.2. The molecule has 0 aromatic rings. The number of nitriles is 1. The van der Waals surface area contributed by atoms with Crippen LogP contribution in [0.5, 0.6) is 0 Å². The molecule has 0 aliphatic heterocycles. The summed E-state index contributed by atoms with van der Waals surface area (Å²) >= 11 is 0. The van der Waals surface area contributed by atoms with Gasteiger partial charge in [0.25, 0.3) is 0 Å². The highest BCUT2D eigenvalue weighted by Crippen LogP contribution is 1.92. The van der Waals surface area contributed by atoms with Crippen LogP contribution in [0.4, 0.5) is 0 Å². The molecule has 0 amide bonds. The smallest absolute Gasteiger partial charge is 0.0947 e. The van der Waals surface area contributed by atoms with E-state index >= 15 is 0 Å². The van der Waals surface area contributed by atoms with E-state index < -0.39 is 0 Å². The maximum Gasteiger partial charge on any atom is 0.0947 e. The monoisotopic (exact) mass is 230 g/mol. The maximum atomic E-state index is 8.66. The SMILES string of the molecule is COCCOCCOCCN(C)C(C)C#N. The van der Waals surface area contributed by atoms with E-state index in [0.29, 0.717) is 33.0 Å². The average molecular weight is 230 g/mol. The Hall–Kier alpha value is -0.670. The summed E-state index contributed by atoms with van der Waals surface area (Å²) in [7, 11) is 3.55.